The van der Waals surface area contributed by atoms with E-state index in [1.54, 1.807) is 11.9 Å². The van der Waals surface area contributed by atoms with Crippen molar-refractivity contribution in [1.29, 1.82) is 0 Å². The fourth-order valence-electron chi connectivity index (χ4n) is 3.06. The smallest absolute Gasteiger partial charge is 0.279 e. The number of piperidine rings is 1. The minimum absolute atomic E-state index is 0.135. The molecule has 0 aliphatic carbocycles. The summed E-state index contributed by atoms with van der Waals surface area (Å²) in [5, 5.41) is 2.82. The van der Waals surface area contributed by atoms with E-state index in [1.807, 2.05) is 31.2 Å². The number of nitrogens with one attached hydrogen (secondary N) is 2. The highest BCUT2D eigenvalue weighted by Crippen LogP contribution is 2.16. The lowest BCUT2D eigenvalue weighted by molar-refractivity contribution is -0.862. The molecule has 7 nitrogen and oxygen atoms in total. The van der Waals surface area contributed by atoms with E-state index in [-0.39, 0.29) is 24.9 Å². The van der Waals surface area contributed by atoms with Gasteiger partial charge in [0.1, 0.15) is 6.04 Å². The van der Waals surface area contributed by atoms with E-state index in [9.17, 15) is 14.4 Å². The number of nitrogens with zero attached hydrogens (tertiary/aromatic N) is 1. The van der Waals surface area contributed by atoms with Crippen molar-refractivity contribution in [2.45, 2.75) is 32.2 Å². The van der Waals surface area contributed by atoms with Crippen LogP contribution < -0.4 is 16.0 Å². The summed E-state index contributed by atoms with van der Waals surface area (Å²) in [6.07, 6.45) is 2.40. The molecule has 1 aromatic carbocycles. The maximum atomic E-state index is 12.5. The molecule has 0 saturated carbocycles. The van der Waals surface area contributed by atoms with Crippen LogP contribution in [-0.2, 0) is 14.4 Å². The quantitative estimate of drug-likeness (QED) is 0.636. The van der Waals surface area contributed by atoms with Gasteiger partial charge in [-0.15, -0.1) is 0 Å². The van der Waals surface area contributed by atoms with Crippen LogP contribution in [0.5, 0.6) is 0 Å². The number of carbonyl (C=O) groups excluding carboxylic acids is 3. The zero-order valence-corrected chi connectivity index (χ0v) is 14.9. The summed E-state index contributed by atoms with van der Waals surface area (Å²) in [6.45, 7) is 2.87. The molecule has 1 saturated heterocycles. The van der Waals surface area contributed by atoms with E-state index in [4.69, 9.17) is 5.73 Å². The number of hydrogen-bond acceptors (Lipinski definition) is 3. The van der Waals surface area contributed by atoms with E-state index >= 15 is 0 Å². The third-order valence-electron chi connectivity index (χ3n) is 4.40. The predicted octanol–water partition coefficient (Wildman–Crippen LogP) is -0.685. The first-order valence-electron chi connectivity index (χ1n) is 8.63. The van der Waals surface area contributed by atoms with E-state index < -0.39 is 11.9 Å². The highest BCUT2D eigenvalue weighted by atomic mass is 16.2. The Morgan fingerprint density at radius 2 is 1.88 bits per heavy atom. The first-order chi connectivity index (χ1) is 11.9. The number of benzene rings is 1. The van der Waals surface area contributed by atoms with E-state index in [0.717, 1.165) is 29.0 Å². The van der Waals surface area contributed by atoms with Crippen molar-refractivity contribution in [3.63, 3.8) is 0 Å². The van der Waals surface area contributed by atoms with Gasteiger partial charge in [-0.3, -0.25) is 14.4 Å². The Hall–Kier alpha value is -2.41. The van der Waals surface area contributed by atoms with E-state index in [2.05, 4.69) is 5.32 Å². The number of likely N-dealkylation sites (tertiary alicyclic amines) is 1. The molecule has 3 amide bonds. The van der Waals surface area contributed by atoms with Crippen LogP contribution >= 0.6 is 0 Å². The molecule has 1 fully saturated rings. The summed E-state index contributed by atoms with van der Waals surface area (Å²) in [5.41, 5.74) is 7.26. The standard InChI is InChI=1S/C18H26N4O3/c1-13-6-8-14(9-7-13)20-16(23)11-21(2)12-17(24)22-10-4-3-5-15(22)18(19)25/h6-9,15H,3-5,10-12H2,1-2H3,(H2,19,25)(H,20,23)/p+1/t15-/m0/s1. The number of aryl methyl sites for hydroxylation is 1. The monoisotopic (exact) mass is 347 g/mol. The van der Waals surface area contributed by atoms with Gasteiger partial charge in [0.05, 0.1) is 7.05 Å². The topological polar surface area (TPSA) is 96.9 Å². The van der Waals surface area contributed by atoms with Crippen molar-refractivity contribution < 1.29 is 19.3 Å². The van der Waals surface area contributed by atoms with Gasteiger partial charge in [0.25, 0.3) is 11.8 Å². The van der Waals surface area contributed by atoms with Gasteiger partial charge in [0.2, 0.25) is 5.91 Å². The Labute approximate surface area is 148 Å². The Bertz CT molecular complexity index is 630. The normalized spacial score (nSPS) is 18.5. The summed E-state index contributed by atoms with van der Waals surface area (Å²) in [7, 11) is 1.79. The minimum atomic E-state index is -0.518. The third-order valence-corrected chi connectivity index (χ3v) is 4.40. The second kappa shape index (κ2) is 8.62. The molecule has 0 aromatic heterocycles. The highest BCUT2D eigenvalue weighted by Gasteiger charge is 2.32. The van der Waals surface area contributed by atoms with Crippen molar-refractivity contribution in [2.75, 3.05) is 32.0 Å². The van der Waals surface area contributed by atoms with Crippen LogP contribution in [0.25, 0.3) is 0 Å². The van der Waals surface area contributed by atoms with Gasteiger partial charge in [0, 0.05) is 12.2 Å². The fraction of sp³-hybridized carbons (Fsp3) is 0.500. The number of likely N-dealkylation sites (N-methyl/N-ethyl adjacent to an activating group) is 1. The number of primary amides is 1. The van der Waals surface area contributed by atoms with E-state index in [0.29, 0.717) is 13.0 Å². The van der Waals surface area contributed by atoms with Crippen molar-refractivity contribution in [3.8, 4) is 0 Å². The Balaban J connectivity index is 1.84. The maximum Gasteiger partial charge on any atom is 0.279 e. The minimum Gasteiger partial charge on any atom is -0.368 e. The molecule has 25 heavy (non-hydrogen) atoms. The summed E-state index contributed by atoms with van der Waals surface area (Å²) >= 11 is 0. The van der Waals surface area contributed by atoms with Gasteiger partial charge in [-0.25, -0.2) is 0 Å². The Kier molecular flexibility index (Phi) is 6.52. The molecular weight excluding hydrogens is 320 g/mol. The molecule has 0 spiro atoms. The SMILES string of the molecule is Cc1ccc(NC(=O)C[NH+](C)CC(=O)N2CCCC[C@H]2C(N)=O)cc1. The van der Waals surface area contributed by atoms with Gasteiger partial charge >= 0.3 is 0 Å². The molecule has 1 heterocycles. The number of anilines is 1. The van der Waals surface area contributed by atoms with Crippen LogP contribution in [0, 0.1) is 6.92 Å². The number of hydrogen-bond donors (Lipinski definition) is 3. The van der Waals surface area contributed by atoms with Crippen molar-refractivity contribution in [3.05, 3.63) is 29.8 Å². The highest BCUT2D eigenvalue weighted by molar-refractivity contribution is 5.91. The van der Waals surface area contributed by atoms with Crippen molar-refractivity contribution in [2.24, 2.45) is 5.73 Å². The Morgan fingerprint density at radius 3 is 2.52 bits per heavy atom. The lowest BCUT2D eigenvalue weighted by Gasteiger charge is -2.33. The molecule has 4 N–H and O–H groups in total. The first kappa shape index (κ1) is 18.9. The van der Waals surface area contributed by atoms with Crippen LogP contribution in [-0.4, -0.2) is 55.3 Å². The maximum absolute atomic E-state index is 12.5. The number of rotatable bonds is 6. The summed E-state index contributed by atoms with van der Waals surface area (Å²) in [6, 6.07) is 7.03. The zero-order chi connectivity index (χ0) is 18.4. The van der Waals surface area contributed by atoms with Crippen molar-refractivity contribution in [1.82, 2.24) is 4.90 Å². The van der Waals surface area contributed by atoms with Gasteiger partial charge in [-0.1, -0.05) is 17.7 Å². The second-order valence-electron chi connectivity index (χ2n) is 6.73. The predicted molar refractivity (Wildman–Crippen MR) is 95.0 cm³/mol. The molecule has 1 aromatic rings. The van der Waals surface area contributed by atoms with Crippen LogP contribution in [0.1, 0.15) is 24.8 Å². The van der Waals surface area contributed by atoms with Crippen molar-refractivity contribution >= 4 is 23.4 Å². The largest absolute Gasteiger partial charge is 0.368 e. The van der Waals surface area contributed by atoms with Crippen LogP contribution in [0.4, 0.5) is 5.69 Å². The first-order valence-corrected chi connectivity index (χ1v) is 8.63. The molecular formula is C18H27N4O3+. The fourth-order valence-corrected chi connectivity index (χ4v) is 3.06. The second-order valence-corrected chi connectivity index (χ2v) is 6.73. The molecule has 7 heteroatoms. The molecule has 0 radical (unpaired) electrons. The summed E-state index contributed by atoms with van der Waals surface area (Å²) < 4.78 is 0. The van der Waals surface area contributed by atoms with Crippen LogP contribution in [0.2, 0.25) is 0 Å². The number of quaternary nitrogens is 1. The number of amides is 3. The molecule has 2 rings (SSSR count). The average Bonchev–Trinajstić information content (AvgIpc) is 2.56. The molecule has 2 atom stereocenters. The van der Waals surface area contributed by atoms with Crippen LogP contribution in [0.3, 0.4) is 0 Å². The average molecular weight is 347 g/mol. The third kappa shape index (κ3) is 5.56. The molecule has 1 unspecified atom stereocenters. The Morgan fingerprint density at radius 1 is 1.20 bits per heavy atom. The molecule has 1 aliphatic rings. The van der Waals surface area contributed by atoms with Gasteiger partial charge < -0.3 is 20.9 Å². The molecule has 0 bridgehead atoms. The van der Waals surface area contributed by atoms with Gasteiger partial charge in [0.15, 0.2) is 13.1 Å². The summed E-state index contributed by atoms with van der Waals surface area (Å²) in [4.78, 5) is 38.4. The van der Waals surface area contributed by atoms with Gasteiger partial charge in [-0.05, 0) is 38.3 Å². The lowest BCUT2D eigenvalue weighted by atomic mass is 10.0. The lowest BCUT2D eigenvalue weighted by Crippen LogP contribution is -3.11. The van der Waals surface area contributed by atoms with Crippen LogP contribution in [0.15, 0.2) is 24.3 Å². The summed E-state index contributed by atoms with van der Waals surface area (Å²) in [5.74, 6) is -0.744. The molecule has 136 valence electrons. The number of nitrogens with two attached hydrogens (primary N) is 1. The van der Waals surface area contributed by atoms with E-state index in [1.165, 1.54) is 0 Å². The molecule has 1 aliphatic heterocycles. The zero-order valence-electron chi connectivity index (χ0n) is 14.9. The van der Waals surface area contributed by atoms with Gasteiger partial charge in [-0.2, -0.15) is 0 Å². The number of carbonyl (C=O) groups is 3.